The fourth-order valence-electron chi connectivity index (χ4n) is 1.85. The zero-order chi connectivity index (χ0) is 19.5. The Kier molecular flexibility index (Phi) is 5.91. The summed E-state index contributed by atoms with van der Waals surface area (Å²) in [6, 6.07) is 2.78. The lowest BCUT2D eigenvalue weighted by molar-refractivity contribution is 0.0596. The molecule has 0 saturated carbocycles. The van der Waals surface area contributed by atoms with Crippen molar-refractivity contribution in [3.05, 3.63) is 43.6 Å². The molecule has 0 fully saturated rings. The fraction of sp³-hybridized carbons (Fsp3) is 0.154. The molecule has 2 rings (SSSR count). The van der Waals surface area contributed by atoms with Crippen LogP contribution in [-0.4, -0.2) is 42.5 Å². The van der Waals surface area contributed by atoms with E-state index in [9.17, 15) is 22.8 Å². The van der Waals surface area contributed by atoms with Gasteiger partial charge in [0.2, 0.25) is 5.95 Å². The van der Waals surface area contributed by atoms with E-state index in [-0.39, 0.29) is 17.3 Å². The van der Waals surface area contributed by atoms with Crippen molar-refractivity contribution in [1.29, 1.82) is 0 Å². The van der Waals surface area contributed by atoms with Gasteiger partial charge < -0.3 is 4.74 Å². The minimum Gasteiger partial charge on any atom is -0.465 e. The number of aryl methyl sites for hydroxylation is 1. The number of amides is 2. The number of hydrogen-bond donors (Lipinski definition) is 3. The Hall–Kier alpha value is -2.55. The van der Waals surface area contributed by atoms with Crippen molar-refractivity contribution in [3.63, 3.8) is 0 Å². The molecule has 0 aliphatic heterocycles. The maximum absolute atomic E-state index is 12.5. The summed E-state index contributed by atoms with van der Waals surface area (Å²) in [5, 5.41) is 2.04. The molecule has 0 unspecified atom stereocenters. The molecule has 13 heteroatoms. The first-order chi connectivity index (χ1) is 12.1. The molecule has 0 aliphatic rings. The predicted octanol–water partition coefficient (Wildman–Crippen LogP) is 0.375. The number of esters is 1. The third-order valence-corrected chi connectivity index (χ3v) is 4.90. The Morgan fingerprint density at radius 1 is 1.27 bits per heavy atom. The van der Waals surface area contributed by atoms with Crippen LogP contribution in [0.5, 0.6) is 0 Å². The Morgan fingerprint density at radius 2 is 1.96 bits per heavy atom. The molecule has 11 nitrogen and oxygen atoms in total. The normalized spacial score (nSPS) is 10.9. The van der Waals surface area contributed by atoms with E-state index in [0.717, 1.165) is 7.11 Å². The lowest BCUT2D eigenvalue weighted by Crippen LogP contribution is -2.36. The van der Waals surface area contributed by atoms with Gasteiger partial charge in [-0.1, -0.05) is 0 Å². The summed E-state index contributed by atoms with van der Waals surface area (Å²) in [4.78, 5) is 43.9. The molecule has 0 saturated heterocycles. The molecule has 3 N–H and O–H groups in total. The second-order valence-electron chi connectivity index (χ2n) is 4.75. The number of urea groups is 1. The summed E-state index contributed by atoms with van der Waals surface area (Å²) in [5.41, 5.74) is -1.00. The number of hydrogen-bond acceptors (Lipinski definition) is 8. The number of nitrogens with zero attached hydrogens (tertiary/aromatic N) is 2. The first-order valence-corrected chi connectivity index (χ1v) is 9.35. The summed E-state index contributed by atoms with van der Waals surface area (Å²) in [6.07, 6.45) is 0. The molecule has 0 radical (unpaired) electrons. The molecule has 138 valence electrons. The average Bonchev–Trinajstić information content (AvgIpc) is 2.52. The number of nitrogens with one attached hydrogen (secondary N) is 3. The van der Waals surface area contributed by atoms with Gasteiger partial charge in [0.05, 0.1) is 12.7 Å². The molecular formula is C13H12IN5O6S. The van der Waals surface area contributed by atoms with E-state index in [2.05, 4.69) is 19.7 Å². The highest BCUT2D eigenvalue weighted by atomic mass is 127. The molecular weight excluding hydrogens is 481 g/mol. The van der Waals surface area contributed by atoms with E-state index in [4.69, 9.17) is 0 Å². The zero-order valence-electron chi connectivity index (χ0n) is 13.4. The van der Waals surface area contributed by atoms with Gasteiger partial charge in [0.1, 0.15) is 10.7 Å². The van der Waals surface area contributed by atoms with Crippen molar-refractivity contribution in [1.82, 2.24) is 19.7 Å². The van der Waals surface area contributed by atoms with Crippen LogP contribution in [0.3, 0.4) is 0 Å². The average molecular weight is 493 g/mol. The summed E-state index contributed by atoms with van der Waals surface area (Å²) in [6.45, 7) is 1.46. The Morgan fingerprint density at radius 3 is 2.58 bits per heavy atom. The molecule has 0 aliphatic carbocycles. The summed E-state index contributed by atoms with van der Waals surface area (Å²) < 4.78 is 31.7. The maximum atomic E-state index is 12.5. The number of carbonyl (C=O) groups is 2. The van der Waals surface area contributed by atoms with Crippen LogP contribution in [0.1, 0.15) is 16.2 Å². The van der Waals surface area contributed by atoms with Crippen LogP contribution in [0, 0.1) is 10.5 Å². The first-order valence-electron chi connectivity index (χ1n) is 6.79. The molecule has 1 heterocycles. The first kappa shape index (κ1) is 19.8. The molecule has 0 bridgehead atoms. The summed E-state index contributed by atoms with van der Waals surface area (Å²) in [5.74, 6) is -1.08. The van der Waals surface area contributed by atoms with Crippen LogP contribution < -0.4 is 15.7 Å². The van der Waals surface area contributed by atoms with Gasteiger partial charge in [-0.15, -0.1) is 0 Å². The Bertz CT molecular complexity index is 1040. The fourth-order valence-corrected chi connectivity index (χ4v) is 3.68. The van der Waals surface area contributed by atoms with Gasteiger partial charge in [-0.3, -0.25) is 10.3 Å². The van der Waals surface area contributed by atoms with Gasteiger partial charge >= 0.3 is 17.7 Å². The Balaban J connectivity index is 2.31. The number of benzene rings is 1. The number of carbonyl (C=O) groups excluding carboxylic acids is 2. The number of methoxy groups -OCH3 is 1. The molecule has 1 aromatic heterocycles. The third kappa shape index (κ3) is 4.75. The van der Waals surface area contributed by atoms with Gasteiger partial charge in [-0.25, -0.2) is 27.5 Å². The zero-order valence-corrected chi connectivity index (χ0v) is 16.3. The third-order valence-electron chi connectivity index (χ3n) is 2.86. The van der Waals surface area contributed by atoms with E-state index >= 15 is 0 Å². The van der Waals surface area contributed by atoms with E-state index < -0.39 is 32.6 Å². The highest BCUT2D eigenvalue weighted by Crippen LogP contribution is 2.20. The number of sulfonamides is 1. The standard InChI is InChI=1S/C13H12IN5O6S/c1-6-15-11(17-12(21)16-6)18-13(22)19-26(23,24)9-5-7(14)3-4-8(9)10(20)25-2/h3-5H,1-2H3,(H3,15,16,17,18,19,21,22). The van der Waals surface area contributed by atoms with Gasteiger partial charge in [0.15, 0.2) is 0 Å². The lowest BCUT2D eigenvalue weighted by atomic mass is 10.2. The number of anilines is 1. The molecule has 26 heavy (non-hydrogen) atoms. The highest BCUT2D eigenvalue weighted by Gasteiger charge is 2.25. The van der Waals surface area contributed by atoms with Gasteiger partial charge in [0.25, 0.3) is 10.0 Å². The van der Waals surface area contributed by atoms with E-state index in [0.29, 0.717) is 3.57 Å². The number of ether oxygens (including phenoxy) is 1. The monoisotopic (exact) mass is 493 g/mol. The van der Waals surface area contributed by atoms with Crippen LogP contribution in [0.4, 0.5) is 10.7 Å². The number of aromatic amines is 1. The smallest absolute Gasteiger partial charge is 0.349 e. The maximum Gasteiger partial charge on any atom is 0.349 e. The topological polar surface area (TPSA) is 160 Å². The van der Waals surface area contributed by atoms with Crippen LogP contribution in [0.2, 0.25) is 0 Å². The van der Waals surface area contributed by atoms with E-state index in [1.807, 2.05) is 27.9 Å². The quantitative estimate of drug-likeness (QED) is 0.407. The summed E-state index contributed by atoms with van der Waals surface area (Å²) in [7, 11) is -3.32. The molecule has 2 amide bonds. The minimum absolute atomic E-state index is 0.175. The minimum atomic E-state index is -4.42. The van der Waals surface area contributed by atoms with Crippen molar-refractivity contribution in [3.8, 4) is 0 Å². The van der Waals surface area contributed by atoms with Crippen molar-refractivity contribution in [2.75, 3.05) is 12.4 Å². The summed E-state index contributed by atoms with van der Waals surface area (Å²) >= 11 is 1.85. The second-order valence-corrected chi connectivity index (χ2v) is 7.65. The van der Waals surface area contributed by atoms with Gasteiger partial charge in [-0.2, -0.15) is 9.97 Å². The van der Waals surface area contributed by atoms with Crippen LogP contribution in [-0.2, 0) is 14.8 Å². The SMILES string of the molecule is COC(=O)c1ccc(I)cc1S(=O)(=O)NC(=O)Nc1nc(C)[nH]c(=O)n1. The molecule has 2 aromatic rings. The lowest BCUT2D eigenvalue weighted by Gasteiger charge is -2.11. The van der Waals surface area contributed by atoms with Crippen molar-refractivity contribution in [2.45, 2.75) is 11.8 Å². The van der Waals surface area contributed by atoms with E-state index in [1.165, 1.54) is 25.1 Å². The van der Waals surface area contributed by atoms with Crippen molar-refractivity contribution >= 4 is 50.6 Å². The van der Waals surface area contributed by atoms with Crippen molar-refractivity contribution in [2.24, 2.45) is 0 Å². The van der Waals surface area contributed by atoms with Crippen LogP contribution in [0.25, 0.3) is 0 Å². The molecule has 0 atom stereocenters. The number of aromatic nitrogens is 3. The van der Waals surface area contributed by atoms with Crippen molar-refractivity contribution < 1.29 is 22.7 Å². The second kappa shape index (κ2) is 7.77. The molecule has 1 aromatic carbocycles. The van der Waals surface area contributed by atoms with E-state index in [1.54, 1.807) is 4.72 Å². The number of H-pyrrole nitrogens is 1. The number of halogens is 1. The van der Waals surface area contributed by atoms with Gasteiger partial charge in [-0.05, 0) is 47.7 Å². The highest BCUT2D eigenvalue weighted by molar-refractivity contribution is 14.1. The number of rotatable bonds is 4. The van der Waals surface area contributed by atoms with Crippen LogP contribution in [0.15, 0.2) is 27.9 Å². The largest absolute Gasteiger partial charge is 0.465 e. The Labute approximate surface area is 160 Å². The van der Waals surface area contributed by atoms with Crippen LogP contribution >= 0.6 is 22.6 Å². The predicted molar refractivity (Wildman–Crippen MR) is 97.2 cm³/mol. The van der Waals surface area contributed by atoms with Gasteiger partial charge in [0, 0.05) is 3.57 Å². The molecule has 0 spiro atoms.